The molecule has 0 aliphatic rings. The quantitative estimate of drug-likeness (QED) is 0.676. The highest BCUT2D eigenvalue weighted by Crippen LogP contribution is 2.12. The lowest BCUT2D eigenvalue weighted by Gasteiger charge is -2.13. The lowest BCUT2D eigenvalue weighted by Crippen LogP contribution is -2.17. The zero-order chi connectivity index (χ0) is 16.1. The SMILES string of the molecule is C[C@@H](Cc1ccccc1)OC(=O)c1ccc(-n2ccnc2)cc1. The molecule has 0 spiro atoms. The minimum atomic E-state index is -0.300. The minimum Gasteiger partial charge on any atom is -0.459 e. The van der Waals surface area contributed by atoms with E-state index in [0.717, 1.165) is 11.3 Å². The van der Waals surface area contributed by atoms with E-state index in [9.17, 15) is 4.79 Å². The zero-order valence-electron chi connectivity index (χ0n) is 12.9. The molecule has 1 aromatic heterocycles. The summed E-state index contributed by atoms with van der Waals surface area (Å²) in [6, 6.07) is 17.3. The van der Waals surface area contributed by atoms with Crippen LogP contribution >= 0.6 is 0 Å². The third-order valence-electron chi connectivity index (χ3n) is 3.58. The van der Waals surface area contributed by atoms with Gasteiger partial charge < -0.3 is 9.30 Å². The van der Waals surface area contributed by atoms with E-state index in [0.29, 0.717) is 12.0 Å². The van der Waals surface area contributed by atoms with Crippen LogP contribution in [0.15, 0.2) is 73.3 Å². The summed E-state index contributed by atoms with van der Waals surface area (Å²) in [5.74, 6) is -0.300. The van der Waals surface area contributed by atoms with Crippen molar-refractivity contribution in [1.82, 2.24) is 9.55 Å². The number of nitrogens with zero attached hydrogens (tertiary/aromatic N) is 2. The third-order valence-corrected chi connectivity index (χ3v) is 3.58. The van der Waals surface area contributed by atoms with Crippen molar-refractivity contribution in [3.63, 3.8) is 0 Å². The molecule has 0 aliphatic carbocycles. The number of hydrogen-bond donors (Lipinski definition) is 0. The lowest BCUT2D eigenvalue weighted by molar-refractivity contribution is 0.0343. The van der Waals surface area contributed by atoms with Crippen LogP contribution in [0.3, 0.4) is 0 Å². The molecule has 0 N–H and O–H groups in total. The van der Waals surface area contributed by atoms with E-state index in [1.807, 2.05) is 60.2 Å². The van der Waals surface area contributed by atoms with Gasteiger partial charge >= 0.3 is 5.97 Å². The molecule has 23 heavy (non-hydrogen) atoms. The van der Waals surface area contributed by atoms with Crippen molar-refractivity contribution in [2.24, 2.45) is 0 Å². The molecule has 0 amide bonds. The topological polar surface area (TPSA) is 44.1 Å². The summed E-state index contributed by atoms with van der Waals surface area (Å²) >= 11 is 0. The molecule has 0 saturated heterocycles. The van der Waals surface area contributed by atoms with Gasteiger partial charge in [-0.05, 0) is 36.8 Å². The van der Waals surface area contributed by atoms with Crippen LogP contribution in [0.1, 0.15) is 22.8 Å². The van der Waals surface area contributed by atoms with Crippen LogP contribution in [-0.2, 0) is 11.2 Å². The van der Waals surface area contributed by atoms with Gasteiger partial charge in [0.15, 0.2) is 0 Å². The van der Waals surface area contributed by atoms with Gasteiger partial charge in [-0.2, -0.15) is 0 Å². The first-order chi connectivity index (χ1) is 11.2. The van der Waals surface area contributed by atoms with Crippen molar-refractivity contribution in [2.75, 3.05) is 0 Å². The first kappa shape index (κ1) is 15.0. The van der Waals surface area contributed by atoms with E-state index in [4.69, 9.17) is 4.74 Å². The minimum absolute atomic E-state index is 0.168. The van der Waals surface area contributed by atoms with E-state index < -0.39 is 0 Å². The van der Waals surface area contributed by atoms with Gasteiger partial charge in [0, 0.05) is 24.5 Å². The van der Waals surface area contributed by atoms with E-state index in [2.05, 4.69) is 4.98 Å². The molecule has 0 saturated carbocycles. The van der Waals surface area contributed by atoms with Crippen molar-refractivity contribution in [2.45, 2.75) is 19.4 Å². The highest BCUT2D eigenvalue weighted by molar-refractivity contribution is 5.89. The number of rotatable bonds is 5. The van der Waals surface area contributed by atoms with Gasteiger partial charge in [0.05, 0.1) is 11.9 Å². The number of ether oxygens (including phenoxy) is 1. The smallest absolute Gasteiger partial charge is 0.338 e. The van der Waals surface area contributed by atoms with Crippen LogP contribution in [0.5, 0.6) is 0 Å². The van der Waals surface area contributed by atoms with Crippen LogP contribution in [0.25, 0.3) is 5.69 Å². The molecule has 3 rings (SSSR count). The standard InChI is InChI=1S/C19H18N2O2/c1-15(13-16-5-3-2-4-6-16)23-19(22)17-7-9-18(10-8-17)21-12-11-20-14-21/h2-12,14-15H,13H2,1H3/t15-/m0/s1. The van der Waals surface area contributed by atoms with Crippen LogP contribution in [0.2, 0.25) is 0 Å². The fourth-order valence-electron chi connectivity index (χ4n) is 2.42. The summed E-state index contributed by atoms with van der Waals surface area (Å²) < 4.78 is 7.39. The van der Waals surface area contributed by atoms with Gasteiger partial charge in [-0.15, -0.1) is 0 Å². The Morgan fingerprint density at radius 1 is 1.13 bits per heavy atom. The lowest BCUT2D eigenvalue weighted by atomic mass is 10.1. The number of hydrogen-bond acceptors (Lipinski definition) is 3. The van der Waals surface area contributed by atoms with Crippen LogP contribution in [-0.4, -0.2) is 21.6 Å². The second-order valence-corrected chi connectivity index (χ2v) is 5.42. The average molecular weight is 306 g/mol. The maximum atomic E-state index is 12.2. The summed E-state index contributed by atoms with van der Waals surface area (Å²) in [6.45, 7) is 1.91. The molecular formula is C19H18N2O2. The molecule has 116 valence electrons. The Balaban J connectivity index is 1.61. The van der Waals surface area contributed by atoms with E-state index >= 15 is 0 Å². The molecule has 3 aromatic rings. The van der Waals surface area contributed by atoms with Crippen molar-refractivity contribution >= 4 is 5.97 Å². The average Bonchev–Trinajstić information content (AvgIpc) is 3.10. The molecule has 2 aromatic carbocycles. The Morgan fingerprint density at radius 2 is 1.87 bits per heavy atom. The molecule has 0 fully saturated rings. The molecule has 0 unspecified atom stereocenters. The Hall–Kier alpha value is -2.88. The summed E-state index contributed by atoms with van der Waals surface area (Å²) in [7, 11) is 0. The molecular weight excluding hydrogens is 288 g/mol. The molecule has 1 heterocycles. The van der Waals surface area contributed by atoms with E-state index in [1.165, 1.54) is 0 Å². The highest BCUT2D eigenvalue weighted by atomic mass is 16.5. The first-order valence-corrected chi connectivity index (χ1v) is 7.55. The fourth-order valence-corrected chi connectivity index (χ4v) is 2.42. The van der Waals surface area contributed by atoms with Crippen LogP contribution in [0.4, 0.5) is 0 Å². The van der Waals surface area contributed by atoms with Crippen molar-refractivity contribution in [1.29, 1.82) is 0 Å². The summed E-state index contributed by atoms with van der Waals surface area (Å²) in [4.78, 5) is 16.2. The second kappa shape index (κ2) is 6.92. The first-order valence-electron chi connectivity index (χ1n) is 7.55. The number of carbonyl (C=O) groups excluding carboxylic acids is 1. The van der Waals surface area contributed by atoms with Gasteiger partial charge in [-0.25, -0.2) is 9.78 Å². The van der Waals surface area contributed by atoms with Crippen molar-refractivity contribution in [3.8, 4) is 5.69 Å². The van der Waals surface area contributed by atoms with Gasteiger partial charge in [-0.3, -0.25) is 0 Å². The molecule has 1 atom stereocenters. The largest absolute Gasteiger partial charge is 0.459 e. The molecule has 0 radical (unpaired) electrons. The predicted octanol–water partition coefficient (Wildman–Crippen LogP) is 3.66. The molecule has 0 bridgehead atoms. The second-order valence-electron chi connectivity index (χ2n) is 5.42. The molecule has 4 heteroatoms. The van der Waals surface area contributed by atoms with Gasteiger partial charge in [-0.1, -0.05) is 30.3 Å². The monoisotopic (exact) mass is 306 g/mol. The summed E-state index contributed by atoms with van der Waals surface area (Å²) in [5, 5.41) is 0. The van der Waals surface area contributed by atoms with Gasteiger partial charge in [0.2, 0.25) is 0 Å². The predicted molar refractivity (Wildman–Crippen MR) is 88.6 cm³/mol. The highest BCUT2D eigenvalue weighted by Gasteiger charge is 2.12. The Labute approximate surface area is 135 Å². The summed E-state index contributed by atoms with van der Waals surface area (Å²) in [5.41, 5.74) is 2.66. The van der Waals surface area contributed by atoms with E-state index in [1.54, 1.807) is 24.7 Å². The molecule has 0 aliphatic heterocycles. The van der Waals surface area contributed by atoms with Crippen LogP contribution in [0, 0.1) is 0 Å². The third kappa shape index (κ3) is 3.86. The van der Waals surface area contributed by atoms with E-state index in [-0.39, 0.29) is 12.1 Å². The number of imidazole rings is 1. The number of benzene rings is 2. The number of aromatic nitrogens is 2. The maximum absolute atomic E-state index is 12.2. The van der Waals surface area contributed by atoms with Crippen LogP contribution < -0.4 is 0 Å². The normalized spacial score (nSPS) is 11.9. The van der Waals surface area contributed by atoms with Gasteiger partial charge in [0.25, 0.3) is 0 Å². The Morgan fingerprint density at radius 3 is 2.52 bits per heavy atom. The maximum Gasteiger partial charge on any atom is 0.338 e. The Kier molecular flexibility index (Phi) is 4.52. The zero-order valence-corrected chi connectivity index (χ0v) is 12.9. The Bertz CT molecular complexity index is 750. The molecule has 4 nitrogen and oxygen atoms in total. The van der Waals surface area contributed by atoms with Crippen molar-refractivity contribution in [3.05, 3.63) is 84.4 Å². The number of carbonyl (C=O) groups is 1. The fraction of sp³-hybridized carbons (Fsp3) is 0.158. The van der Waals surface area contributed by atoms with Gasteiger partial charge in [0.1, 0.15) is 6.10 Å². The summed E-state index contributed by atoms with van der Waals surface area (Å²) in [6.07, 6.45) is 5.83. The van der Waals surface area contributed by atoms with Crippen molar-refractivity contribution < 1.29 is 9.53 Å². The number of esters is 1.